The average Bonchev–Trinajstić information content (AvgIpc) is 2.60. The van der Waals surface area contributed by atoms with Crippen LogP contribution in [0.25, 0.3) is 0 Å². The first-order chi connectivity index (χ1) is 11.9. The molecule has 2 aromatic carbocycles. The van der Waals surface area contributed by atoms with E-state index in [0.29, 0.717) is 5.56 Å². The fraction of sp³-hybridized carbons (Fsp3) is 0.333. The Labute approximate surface area is 150 Å². The molecule has 0 radical (unpaired) electrons. The number of ether oxygens (including phenoxy) is 1. The monoisotopic (exact) mass is 338 g/mol. The molecule has 0 heterocycles. The molecule has 0 N–H and O–H groups in total. The van der Waals surface area contributed by atoms with Crippen molar-refractivity contribution in [1.29, 1.82) is 0 Å². The van der Waals surface area contributed by atoms with Gasteiger partial charge in [0.15, 0.2) is 12.4 Å². The molecule has 0 aromatic heterocycles. The molecule has 0 aliphatic carbocycles. The summed E-state index contributed by atoms with van der Waals surface area (Å²) in [6.07, 6.45) is 1.81. The van der Waals surface area contributed by atoms with Gasteiger partial charge in [-0.2, -0.15) is 0 Å². The zero-order chi connectivity index (χ0) is 18.4. The second kappa shape index (κ2) is 8.47. The number of carbonyl (C=O) groups excluding carboxylic acids is 1. The topological polar surface area (TPSA) is 41.9 Å². The quantitative estimate of drug-likeness (QED) is 0.424. The number of Topliss-reactive ketones (excluding diaryl/α,β-unsaturated/α-hetero) is 1. The first-order valence-electron chi connectivity index (χ1n) is 8.49. The van der Waals surface area contributed by atoms with Gasteiger partial charge < -0.3 is 9.64 Å². The van der Waals surface area contributed by atoms with E-state index in [2.05, 4.69) is 11.9 Å². The summed E-state index contributed by atoms with van der Waals surface area (Å²) in [5.74, 6) is 0.721. The summed E-state index contributed by atoms with van der Waals surface area (Å²) in [6.45, 7) is 8.87. The molecule has 0 atom stereocenters. The first kappa shape index (κ1) is 18.7. The molecule has 0 saturated carbocycles. The Morgan fingerprint density at radius 1 is 1.12 bits per heavy atom. The summed E-state index contributed by atoms with van der Waals surface area (Å²) in [5.41, 5.74) is 4.48. The molecule has 0 unspecified atom stereocenters. The summed E-state index contributed by atoms with van der Waals surface area (Å²) in [7, 11) is 1.98. The number of carbonyl (C=O) groups is 1. The molecule has 132 valence electrons. The van der Waals surface area contributed by atoms with Gasteiger partial charge >= 0.3 is 0 Å². The molecular formula is C21H26N2O2. The van der Waals surface area contributed by atoms with Crippen LogP contribution in [0.4, 0.5) is 5.69 Å². The molecule has 0 bridgehead atoms. The minimum absolute atomic E-state index is 0.0231. The maximum atomic E-state index is 12.6. The predicted octanol–water partition coefficient (Wildman–Crippen LogP) is 4.49. The van der Waals surface area contributed by atoms with Crippen molar-refractivity contribution in [2.45, 2.75) is 27.7 Å². The smallest absolute Gasteiger partial charge is 0.200 e. The van der Waals surface area contributed by atoms with Crippen molar-refractivity contribution in [2.24, 2.45) is 4.99 Å². The Bertz CT molecular complexity index is 781. The van der Waals surface area contributed by atoms with E-state index in [1.807, 2.05) is 75.5 Å². The van der Waals surface area contributed by atoms with Crippen LogP contribution in [-0.2, 0) is 0 Å². The van der Waals surface area contributed by atoms with Gasteiger partial charge in [-0.05, 0) is 62.6 Å². The van der Waals surface area contributed by atoms with E-state index < -0.39 is 0 Å². The van der Waals surface area contributed by atoms with Crippen molar-refractivity contribution in [3.05, 3.63) is 58.7 Å². The summed E-state index contributed by atoms with van der Waals surface area (Å²) < 4.78 is 5.69. The maximum absolute atomic E-state index is 12.6. The van der Waals surface area contributed by atoms with E-state index in [4.69, 9.17) is 4.74 Å². The van der Waals surface area contributed by atoms with Crippen LogP contribution >= 0.6 is 0 Å². The minimum Gasteiger partial charge on any atom is -0.485 e. The van der Waals surface area contributed by atoms with E-state index >= 15 is 0 Å². The number of aryl methyl sites for hydroxylation is 3. The van der Waals surface area contributed by atoms with Gasteiger partial charge in [-0.25, -0.2) is 4.99 Å². The third-order valence-corrected chi connectivity index (χ3v) is 4.19. The van der Waals surface area contributed by atoms with Crippen molar-refractivity contribution in [1.82, 2.24) is 4.90 Å². The fourth-order valence-electron chi connectivity index (χ4n) is 2.42. The van der Waals surface area contributed by atoms with Crippen LogP contribution < -0.4 is 4.74 Å². The van der Waals surface area contributed by atoms with Crippen molar-refractivity contribution in [2.75, 3.05) is 20.2 Å². The van der Waals surface area contributed by atoms with Crippen LogP contribution in [0.5, 0.6) is 5.75 Å². The molecule has 0 aliphatic heterocycles. The second-order valence-electron chi connectivity index (χ2n) is 6.25. The van der Waals surface area contributed by atoms with Crippen LogP contribution in [0.2, 0.25) is 0 Å². The van der Waals surface area contributed by atoms with Gasteiger partial charge in [0.1, 0.15) is 5.75 Å². The Kier molecular flexibility index (Phi) is 6.34. The lowest BCUT2D eigenvalue weighted by molar-refractivity contribution is 0.0920. The van der Waals surface area contributed by atoms with E-state index in [0.717, 1.165) is 34.7 Å². The zero-order valence-corrected chi connectivity index (χ0v) is 15.7. The SMILES string of the molecule is CCN(C)/C=N\c1cc(C)c(C(=O)COc2ccccc2C)cc1C. The van der Waals surface area contributed by atoms with E-state index in [1.165, 1.54) is 0 Å². The van der Waals surface area contributed by atoms with Crippen molar-refractivity contribution < 1.29 is 9.53 Å². The molecule has 4 nitrogen and oxygen atoms in total. The third-order valence-electron chi connectivity index (χ3n) is 4.19. The largest absolute Gasteiger partial charge is 0.485 e. The highest BCUT2D eigenvalue weighted by Gasteiger charge is 2.13. The van der Waals surface area contributed by atoms with Crippen LogP contribution in [0.3, 0.4) is 0 Å². The van der Waals surface area contributed by atoms with Gasteiger partial charge in [0, 0.05) is 19.2 Å². The molecular weight excluding hydrogens is 312 g/mol. The van der Waals surface area contributed by atoms with Crippen molar-refractivity contribution in [3.8, 4) is 5.75 Å². The molecule has 0 aliphatic rings. The number of benzene rings is 2. The van der Waals surface area contributed by atoms with Gasteiger partial charge in [-0.15, -0.1) is 0 Å². The lowest BCUT2D eigenvalue weighted by atomic mass is 10.0. The number of nitrogens with zero attached hydrogens (tertiary/aromatic N) is 2. The average molecular weight is 338 g/mol. The lowest BCUT2D eigenvalue weighted by Gasteiger charge is -2.12. The number of para-hydroxylation sites is 1. The molecule has 2 rings (SSSR count). The van der Waals surface area contributed by atoms with Crippen LogP contribution in [-0.4, -0.2) is 37.2 Å². The molecule has 0 fully saturated rings. The molecule has 2 aromatic rings. The third kappa shape index (κ3) is 4.92. The van der Waals surface area contributed by atoms with Gasteiger partial charge in [-0.3, -0.25) is 4.79 Å². The second-order valence-corrected chi connectivity index (χ2v) is 6.25. The summed E-state index contributed by atoms with van der Waals surface area (Å²) in [4.78, 5) is 19.1. The fourth-order valence-corrected chi connectivity index (χ4v) is 2.42. The molecule has 4 heteroatoms. The van der Waals surface area contributed by atoms with Gasteiger partial charge in [0.2, 0.25) is 0 Å². The van der Waals surface area contributed by atoms with Crippen molar-refractivity contribution in [3.63, 3.8) is 0 Å². The highest BCUT2D eigenvalue weighted by atomic mass is 16.5. The predicted molar refractivity (Wildman–Crippen MR) is 103 cm³/mol. The molecule has 25 heavy (non-hydrogen) atoms. The summed E-state index contributed by atoms with van der Waals surface area (Å²) >= 11 is 0. The van der Waals surface area contributed by atoms with Crippen LogP contribution in [0.1, 0.15) is 34.0 Å². The number of rotatable bonds is 7. The number of hydrogen-bond donors (Lipinski definition) is 0. The van der Waals surface area contributed by atoms with Gasteiger partial charge in [0.25, 0.3) is 0 Å². The summed E-state index contributed by atoms with van der Waals surface area (Å²) in [5, 5.41) is 0. The van der Waals surface area contributed by atoms with Crippen LogP contribution in [0.15, 0.2) is 41.4 Å². The Morgan fingerprint density at radius 3 is 2.52 bits per heavy atom. The maximum Gasteiger partial charge on any atom is 0.200 e. The van der Waals surface area contributed by atoms with Crippen molar-refractivity contribution >= 4 is 17.8 Å². The van der Waals surface area contributed by atoms with Gasteiger partial charge in [-0.1, -0.05) is 18.2 Å². The summed E-state index contributed by atoms with van der Waals surface area (Å²) in [6, 6.07) is 11.6. The first-order valence-corrected chi connectivity index (χ1v) is 8.49. The molecule has 0 amide bonds. The standard InChI is InChI=1S/C21H26N2O2/c1-6-23(5)14-22-19-12-16(3)18(11-17(19)4)20(24)13-25-21-10-8-7-9-15(21)2/h7-12,14H,6,13H2,1-5H3/b22-14-. The van der Waals surface area contributed by atoms with E-state index in [9.17, 15) is 4.79 Å². The minimum atomic E-state index is -0.0231. The highest BCUT2D eigenvalue weighted by Crippen LogP contribution is 2.24. The van der Waals surface area contributed by atoms with Crippen LogP contribution in [0, 0.1) is 20.8 Å². The highest BCUT2D eigenvalue weighted by molar-refractivity contribution is 5.99. The Hall–Kier alpha value is -2.62. The normalized spacial score (nSPS) is 10.9. The number of ketones is 1. The number of hydrogen-bond acceptors (Lipinski definition) is 3. The Balaban J connectivity index is 2.13. The van der Waals surface area contributed by atoms with E-state index in [-0.39, 0.29) is 12.4 Å². The molecule has 0 spiro atoms. The zero-order valence-electron chi connectivity index (χ0n) is 15.7. The van der Waals surface area contributed by atoms with Gasteiger partial charge in [0.05, 0.1) is 12.0 Å². The molecule has 0 saturated heterocycles. The number of aliphatic imine (C=N–C) groups is 1. The lowest BCUT2D eigenvalue weighted by Crippen LogP contribution is -2.15. The Morgan fingerprint density at radius 2 is 1.84 bits per heavy atom. The van der Waals surface area contributed by atoms with E-state index in [1.54, 1.807) is 0 Å².